The molecule has 0 spiro atoms. The van der Waals surface area contributed by atoms with Crippen LogP contribution in [0.2, 0.25) is 0 Å². The molecule has 1 aliphatic rings. The third-order valence-corrected chi connectivity index (χ3v) is 3.35. The maximum Gasteiger partial charge on any atom is 0.333 e. The number of ether oxygens (including phenoxy) is 1. The molecule has 17 heavy (non-hydrogen) atoms. The predicted octanol–water partition coefficient (Wildman–Crippen LogP) is 1.56. The van der Waals surface area contributed by atoms with Gasteiger partial charge in [0.15, 0.2) is 6.10 Å². The molecule has 0 aliphatic heterocycles. The Labute approximate surface area is 99.8 Å². The summed E-state index contributed by atoms with van der Waals surface area (Å²) in [4.78, 5) is 10.9. The minimum Gasteiger partial charge on any atom is -0.497 e. The molecule has 4 nitrogen and oxygen atoms in total. The lowest BCUT2D eigenvalue weighted by molar-refractivity contribution is -0.148. The van der Waals surface area contributed by atoms with E-state index in [2.05, 4.69) is 0 Å². The van der Waals surface area contributed by atoms with E-state index in [1.807, 2.05) is 18.2 Å². The van der Waals surface area contributed by atoms with Crippen molar-refractivity contribution in [2.45, 2.75) is 31.3 Å². The first-order valence-corrected chi connectivity index (χ1v) is 5.71. The summed E-state index contributed by atoms with van der Waals surface area (Å²) in [6, 6.07) is 5.60. The fraction of sp³-hybridized carbons (Fsp3) is 0.462. The predicted molar refractivity (Wildman–Crippen MR) is 62.3 cm³/mol. The highest BCUT2D eigenvalue weighted by molar-refractivity contribution is 5.73. The van der Waals surface area contributed by atoms with Crippen LogP contribution in [0.25, 0.3) is 0 Å². The van der Waals surface area contributed by atoms with Crippen LogP contribution in [0.1, 0.15) is 29.9 Å². The molecule has 0 amide bonds. The largest absolute Gasteiger partial charge is 0.497 e. The molecular weight excluding hydrogens is 220 g/mol. The lowest BCUT2D eigenvalue weighted by Gasteiger charge is -2.27. The molecule has 0 saturated carbocycles. The maximum atomic E-state index is 10.9. The highest BCUT2D eigenvalue weighted by atomic mass is 16.5. The first kappa shape index (κ1) is 11.9. The van der Waals surface area contributed by atoms with E-state index in [9.17, 15) is 9.90 Å². The molecule has 0 saturated heterocycles. The van der Waals surface area contributed by atoms with E-state index in [1.165, 1.54) is 0 Å². The van der Waals surface area contributed by atoms with Crippen molar-refractivity contribution < 1.29 is 19.7 Å². The normalized spacial score (nSPS) is 20.5. The van der Waals surface area contributed by atoms with Crippen molar-refractivity contribution in [3.63, 3.8) is 0 Å². The summed E-state index contributed by atoms with van der Waals surface area (Å²) in [6.07, 6.45) is 1.21. The van der Waals surface area contributed by atoms with Crippen molar-refractivity contribution >= 4 is 5.97 Å². The van der Waals surface area contributed by atoms with E-state index in [0.29, 0.717) is 6.42 Å². The number of aliphatic hydroxyl groups is 1. The Balaban J connectivity index is 2.34. The van der Waals surface area contributed by atoms with Crippen molar-refractivity contribution in [3.05, 3.63) is 29.3 Å². The Morgan fingerprint density at radius 2 is 2.29 bits per heavy atom. The van der Waals surface area contributed by atoms with Gasteiger partial charge in [0.1, 0.15) is 5.75 Å². The number of aliphatic carboxylic acids is 1. The fourth-order valence-corrected chi connectivity index (χ4v) is 2.46. The zero-order chi connectivity index (χ0) is 12.4. The van der Waals surface area contributed by atoms with Crippen molar-refractivity contribution in [1.82, 2.24) is 0 Å². The third-order valence-electron chi connectivity index (χ3n) is 3.35. The Morgan fingerprint density at radius 3 is 2.94 bits per heavy atom. The monoisotopic (exact) mass is 236 g/mol. The van der Waals surface area contributed by atoms with Crippen molar-refractivity contribution in [2.75, 3.05) is 7.11 Å². The summed E-state index contributed by atoms with van der Waals surface area (Å²) in [6.45, 7) is 0. The van der Waals surface area contributed by atoms with Gasteiger partial charge in [0, 0.05) is 5.92 Å². The second kappa shape index (κ2) is 4.75. The topological polar surface area (TPSA) is 66.8 Å². The number of rotatable bonds is 3. The number of carbonyl (C=O) groups is 1. The molecular formula is C13H16O4. The van der Waals surface area contributed by atoms with Gasteiger partial charge in [-0.1, -0.05) is 6.07 Å². The average molecular weight is 236 g/mol. The summed E-state index contributed by atoms with van der Waals surface area (Å²) < 4.78 is 5.14. The number of aryl methyl sites for hydroxylation is 1. The molecule has 0 fully saturated rings. The summed E-state index contributed by atoms with van der Waals surface area (Å²) >= 11 is 0. The molecule has 92 valence electrons. The quantitative estimate of drug-likeness (QED) is 0.835. The molecule has 2 N–H and O–H groups in total. The average Bonchev–Trinajstić information content (AvgIpc) is 2.36. The SMILES string of the molecule is COc1ccc2c(c1)CCCC2C(O)C(=O)O. The minimum absolute atomic E-state index is 0.304. The molecule has 0 aromatic heterocycles. The number of benzene rings is 1. The van der Waals surface area contributed by atoms with Crippen LogP contribution in [0.15, 0.2) is 18.2 Å². The first-order valence-electron chi connectivity index (χ1n) is 5.71. The van der Waals surface area contributed by atoms with Gasteiger partial charge in [-0.3, -0.25) is 0 Å². The van der Waals surface area contributed by atoms with E-state index in [0.717, 1.165) is 29.7 Å². The second-order valence-electron chi connectivity index (χ2n) is 4.35. The zero-order valence-electron chi connectivity index (χ0n) is 9.72. The molecule has 2 unspecified atom stereocenters. The number of methoxy groups -OCH3 is 1. The Kier molecular flexibility index (Phi) is 3.33. The maximum absolute atomic E-state index is 10.9. The first-order chi connectivity index (χ1) is 8.13. The lowest BCUT2D eigenvalue weighted by atomic mass is 9.79. The molecule has 2 rings (SSSR count). The summed E-state index contributed by atoms with van der Waals surface area (Å²) in [7, 11) is 1.61. The number of fused-ring (bicyclic) bond motifs is 1. The second-order valence-corrected chi connectivity index (χ2v) is 4.35. The Morgan fingerprint density at radius 1 is 1.53 bits per heavy atom. The molecule has 0 radical (unpaired) electrons. The van der Waals surface area contributed by atoms with Crippen LogP contribution in [-0.2, 0) is 11.2 Å². The molecule has 0 heterocycles. The van der Waals surface area contributed by atoms with Gasteiger partial charge >= 0.3 is 5.97 Å². The third kappa shape index (κ3) is 2.26. The van der Waals surface area contributed by atoms with Gasteiger partial charge in [0.2, 0.25) is 0 Å². The minimum atomic E-state index is -1.32. The van der Waals surface area contributed by atoms with Crippen LogP contribution < -0.4 is 4.74 Å². The van der Waals surface area contributed by atoms with E-state index >= 15 is 0 Å². The van der Waals surface area contributed by atoms with E-state index < -0.39 is 12.1 Å². The van der Waals surface area contributed by atoms with Gasteiger partial charge < -0.3 is 14.9 Å². The fourth-order valence-electron chi connectivity index (χ4n) is 2.46. The van der Waals surface area contributed by atoms with Gasteiger partial charge in [-0.05, 0) is 42.5 Å². The summed E-state index contributed by atoms with van der Waals surface area (Å²) in [5.41, 5.74) is 2.02. The van der Waals surface area contributed by atoms with Gasteiger partial charge in [-0.15, -0.1) is 0 Å². The van der Waals surface area contributed by atoms with Gasteiger partial charge in [-0.2, -0.15) is 0 Å². The van der Waals surface area contributed by atoms with Crippen LogP contribution in [0.5, 0.6) is 5.75 Å². The van der Waals surface area contributed by atoms with Gasteiger partial charge in [0.25, 0.3) is 0 Å². The smallest absolute Gasteiger partial charge is 0.333 e. The van der Waals surface area contributed by atoms with Gasteiger partial charge in [-0.25, -0.2) is 4.79 Å². The van der Waals surface area contributed by atoms with E-state index in [-0.39, 0.29) is 5.92 Å². The molecule has 4 heteroatoms. The molecule has 1 aliphatic carbocycles. The Bertz CT molecular complexity index is 427. The number of carboxylic acid groups (broad SMARTS) is 1. The molecule has 1 aromatic carbocycles. The lowest BCUT2D eigenvalue weighted by Crippen LogP contribution is -2.30. The summed E-state index contributed by atoms with van der Waals surface area (Å²) in [5.74, 6) is -0.685. The van der Waals surface area contributed by atoms with Crippen LogP contribution in [0.4, 0.5) is 0 Å². The molecule has 0 bridgehead atoms. The van der Waals surface area contributed by atoms with Crippen LogP contribution in [0.3, 0.4) is 0 Å². The van der Waals surface area contributed by atoms with E-state index in [1.54, 1.807) is 7.11 Å². The highest BCUT2D eigenvalue weighted by Crippen LogP contribution is 2.35. The summed E-state index contributed by atoms with van der Waals surface area (Å²) in [5, 5.41) is 18.6. The molecule has 1 aromatic rings. The van der Waals surface area contributed by atoms with Crippen LogP contribution in [0, 0.1) is 0 Å². The zero-order valence-corrected chi connectivity index (χ0v) is 9.72. The number of hydrogen-bond donors (Lipinski definition) is 2. The van der Waals surface area contributed by atoms with Crippen molar-refractivity contribution in [3.8, 4) is 5.75 Å². The van der Waals surface area contributed by atoms with Crippen molar-refractivity contribution in [2.24, 2.45) is 0 Å². The van der Waals surface area contributed by atoms with E-state index in [4.69, 9.17) is 9.84 Å². The highest BCUT2D eigenvalue weighted by Gasteiger charge is 2.31. The number of hydrogen-bond acceptors (Lipinski definition) is 3. The number of aliphatic hydroxyl groups excluding tert-OH is 1. The molecule has 2 atom stereocenters. The standard InChI is InChI=1S/C13H16O4/c1-17-9-5-6-10-8(7-9)3-2-4-11(10)12(14)13(15)16/h5-7,11-12,14H,2-4H2,1H3,(H,15,16). The van der Waals surface area contributed by atoms with Crippen LogP contribution >= 0.6 is 0 Å². The van der Waals surface area contributed by atoms with Gasteiger partial charge in [0.05, 0.1) is 7.11 Å². The number of carboxylic acids is 1. The van der Waals surface area contributed by atoms with Crippen molar-refractivity contribution in [1.29, 1.82) is 0 Å². The van der Waals surface area contributed by atoms with Crippen LogP contribution in [-0.4, -0.2) is 29.4 Å². The Hall–Kier alpha value is -1.55.